The topological polar surface area (TPSA) is 115 Å². The molecule has 0 aliphatic rings. The van der Waals surface area contributed by atoms with Gasteiger partial charge in [0, 0.05) is 23.4 Å². The molecule has 3 rings (SSSR count). The number of fused-ring (bicyclic) bond motifs is 1. The molecule has 0 amide bonds. The number of nitro groups is 1. The average Bonchev–Trinajstić information content (AvgIpc) is 3.05. The Kier molecular flexibility index (Phi) is 5.03. The van der Waals surface area contributed by atoms with E-state index < -0.39 is 22.0 Å². The molecule has 0 atom stereocenters. The summed E-state index contributed by atoms with van der Waals surface area (Å²) in [7, 11) is 0. The van der Waals surface area contributed by atoms with Gasteiger partial charge in [-0.05, 0) is 31.9 Å². The van der Waals surface area contributed by atoms with E-state index in [1.165, 1.54) is 41.9 Å². The molecule has 28 heavy (non-hydrogen) atoms. The first-order valence-electron chi connectivity index (χ1n) is 8.66. The van der Waals surface area contributed by atoms with Gasteiger partial charge in [-0.2, -0.15) is 0 Å². The molecule has 3 aromatic rings. The third-order valence-corrected chi connectivity index (χ3v) is 5.80. The van der Waals surface area contributed by atoms with Crippen LogP contribution in [0.4, 0.5) is 5.69 Å². The molecule has 146 valence electrons. The van der Waals surface area contributed by atoms with Crippen LogP contribution in [0.2, 0.25) is 0 Å². The molecule has 1 N–H and O–H groups in total. The molecule has 0 unspecified atom stereocenters. The molecule has 2 aromatic heterocycles. The largest absolute Gasteiger partial charge is 0.480 e. The number of aryl methyl sites for hydroxylation is 1. The van der Waals surface area contributed by atoms with Crippen molar-refractivity contribution in [3.8, 4) is 0 Å². The van der Waals surface area contributed by atoms with Crippen molar-refractivity contribution < 1.29 is 14.8 Å². The summed E-state index contributed by atoms with van der Waals surface area (Å²) in [5.74, 6) is -0.838. The zero-order valence-corrected chi connectivity index (χ0v) is 16.4. The normalized spacial score (nSPS) is 11.7. The highest BCUT2D eigenvalue weighted by Crippen LogP contribution is 2.26. The highest BCUT2D eigenvalue weighted by atomic mass is 32.1. The smallest absolute Gasteiger partial charge is 0.329 e. The minimum atomic E-state index is -1.50. The van der Waals surface area contributed by atoms with E-state index in [2.05, 4.69) is 4.98 Å². The lowest BCUT2D eigenvalue weighted by molar-refractivity contribution is -0.384. The number of hydrogen-bond acceptors (Lipinski definition) is 6. The van der Waals surface area contributed by atoms with Crippen LogP contribution in [0.25, 0.3) is 10.2 Å². The predicted octanol–water partition coefficient (Wildman–Crippen LogP) is 3.34. The van der Waals surface area contributed by atoms with Crippen molar-refractivity contribution in [1.82, 2.24) is 9.55 Å². The number of aromatic nitrogens is 2. The standard InChI is InChI=1S/C19H19N3O5S/c1-4-13-10-14-16(28-13)20-15(21(17(14)23)19(2,3)18(24)25)9-11-5-7-12(8-6-11)22(26)27/h5-8,10H,4,9H2,1-3H3,(H,24,25). The molecule has 8 nitrogen and oxygen atoms in total. The van der Waals surface area contributed by atoms with Crippen molar-refractivity contribution in [3.05, 3.63) is 67.1 Å². The zero-order chi connectivity index (χ0) is 20.6. The molecule has 0 aliphatic carbocycles. The first kappa shape index (κ1) is 19.7. The van der Waals surface area contributed by atoms with Gasteiger partial charge >= 0.3 is 5.97 Å². The molecule has 1 aromatic carbocycles. The Labute approximate surface area is 164 Å². The molecule has 9 heteroatoms. The summed E-state index contributed by atoms with van der Waals surface area (Å²) >= 11 is 1.41. The van der Waals surface area contributed by atoms with E-state index in [1.54, 1.807) is 18.2 Å². The number of nitro benzene ring substituents is 1. The van der Waals surface area contributed by atoms with Crippen LogP contribution in [0, 0.1) is 10.1 Å². The average molecular weight is 401 g/mol. The molecule has 0 aliphatic heterocycles. The molecule has 0 saturated heterocycles. The van der Waals surface area contributed by atoms with Gasteiger partial charge in [0.15, 0.2) is 0 Å². The first-order chi connectivity index (χ1) is 13.1. The fraction of sp³-hybridized carbons (Fsp3) is 0.316. The fourth-order valence-electron chi connectivity index (χ4n) is 2.96. The second-order valence-corrected chi connectivity index (χ2v) is 8.03. The Balaban J connectivity index is 2.20. The molecule has 0 fully saturated rings. The van der Waals surface area contributed by atoms with Gasteiger partial charge in [0.05, 0.1) is 10.3 Å². The van der Waals surface area contributed by atoms with E-state index >= 15 is 0 Å². The molecule has 0 saturated carbocycles. The van der Waals surface area contributed by atoms with Crippen LogP contribution < -0.4 is 5.56 Å². The molecule has 0 bridgehead atoms. The Bertz CT molecular complexity index is 1130. The Morgan fingerprint density at radius 2 is 1.96 bits per heavy atom. The summed E-state index contributed by atoms with van der Waals surface area (Å²) in [6, 6.07) is 7.67. The Hall–Kier alpha value is -3.07. The predicted molar refractivity (Wildman–Crippen MR) is 106 cm³/mol. The van der Waals surface area contributed by atoms with Crippen LogP contribution in [0.5, 0.6) is 0 Å². The van der Waals surface area contributed by atoms with Crippen LogP contribution >= 0.6 is 11.3 Å². The Morgan fingerprint density at radius 1 is 1.32 bits per heavy atom. The minimum absolute atomic E-state index is 0.0405. The number of carbonyl (C=O) groups is 1. The van der Waals surface area contributed by atoms with E-state index in [1.807, 2.05) is 6.92 Å². The SMILES string of the molecule is CCc1cc2c(=O)n(C(C)(C)C(=O)O)c(Cc3ccc([N+](=O)[O-])cc3)nc2s1. The number of benzene rings is 1. The van der Waals surface area contributed by atoms with Crippen molar-refractivity contribution in [2.75, 3.05) is 0 Å². The summed E-state index contributed by atoms with van der Waals surface area (Å²) < 4.78 is 1.21. The molecule has 0 radical (unpaired) electrons. The maximum atomic E-state index is 13.1. The maximum absolute atomic E-state index is 13.1. The lowest BCUT2D eigenvalue weighted by Gasteiger charge is -2.25. The van der Waals surface area contributed by atoms with Crippen molar-refractivity contribution in [1.29, 1.82) is 0 Å². The third kappa shape index (κ3) is 3.40. The van der Waals surface area contributed by atoms with Crippen LogP contribution in [0.3, 0.4) is 0 Å². The highest BCUT2D eigenvalue weighted by Gasteiger charge is 2.34. The lowest BCUT2D eigenvalue weighted by atomic mass is 10.0. The van der Waals surface area contributed by atoms with Crippen molar-refractivity contribution >= 4 is 33.2 Å². The summed E-state index contributed by atoms with van der Waals surface area (Å²) in [5, 5.41) is 20.9. The molecule has 0 spiro atoms. The number of carboxylic acids is 1. The van der Waals surface area contributed by atoms with E-state index in [0.29, 0.717) is 21.6 Å². The number of carboxylic acid groups (broad SMARTS) is 1. The Morgan fingerprint density at radius 3 is 2.50 bits per heavy atom. The van der Waals surface area contributed by atoms with E-state index in [4.69, 9.17) is 0 Å². The third-order valence-electron chi connectivity index (χ3n) is 4.63. The number of thiophene rings is 1. The van der Waals surface area contributed by atoms with Crippen LogP contribution in [-0.4, -0.2) is 25.6 Å². The van der Waals surface area contributed by atoms with Crippen LogP contribution in [0.1, 0.15) is 37.0 Å². The maximum Gasteiger partial charge on any atom is 0.329 e. The highest BCUT2D eigenvalue weighted by molar-refractivity contribution is 7.18. The van der Waals surface area contributed by atoms with Crippen molar-refractivity contribution in [2.24, 2.45) is 0 Å². The van der Waals surface area contributed by atoms with E-state index in [-0.39, 0.29) is 12.1 Å². The van der Waals surface area contributed by atoms with Crippen LogP contribution in [-0.2, 0) is 23.2 Å². The number of nitrogens with zero attached hydrogens (tertiary/aromatic N) is 3. The van der Waals surface area contributed by atoms with Crippen LogP contribution in [0.15, 0.2) is 35.1 Å². The second kappa shape index (κ2) is 7.16. The van der Waals surface area contributed by atoms with Gasteiger partial charge < -0.3 is 5.11 Å². The number of rotatable bonds is 6. The quantitative estimate of drug-likeness (QED) is 0.500. The van der Waals surface area contributed by atoms with Gasteiger partial charge in [-0.25, -0.2) is 9.78 Å². The second-order valence-electron chi connectivity index (χ2n) is 6.92. The van der Waals surface area contributed by atoms with Gasteiger partial charge in [-0.15, -0.1) is 11.3 Å². The van der Waals surface area contributed by atoms with Crippen molar-refractivity contribution in [2.45, 2.75) is 39.2 Å². The lowest BCUT2D eigenvalue weighted by Crippen LogP contribution is -2.44. The monoisotopic (exact) mass is 401 g/mol. The van der Waals surface area contributed by atoms with Gasteiger partial charge in [0.2, 0.25) is 0 Å². The molecule has 2 heterocycles. The van der Waals surface area contributed by atoms with Crippen molar-refractivity contribution in [3.63, 3.8) is 0 Å². The summed E-state index contributed by atoms with van der Waals surface area (Å²) in [5.41, 5.74) is -1.24. The van der Waals surface area contributed by atoms with Gasteiger partial charge in [-0.3, -0.25) is 19.5 Å². The number of non-ortho nitro benzene ring substituents is 1. The molecular weight excluding hydrogens is 382 g/mol. The van der Waals surface area contributed by atoms with E-state index in [0.717, 1.165) is 11.3 Å². The van der Waals surface area contributed by atoms with Gasteiger partial charge in [0.1, 0.15) is 16.2 Å². The van der Waals surface area contributed by atoms with Gasteiger partial charge in [0.25, 0.3) is 11.2 Å². The zero-order valence-electron chi connectivity index (χ0n) is 15.6. The minimum Gasteiger partial charge on any atom is -0.480 e. The van der Waals surface area contributed by atoms with E-state index in [9.17, 15) is 24.8 Å². The number of hydrogen-bond donors (Lipinski definition) is 1. The summed E-state index contributed by atoms with van der Waals surface area (Å²) in [4.78, 5) is 41.5. The summed E-state index contributed by atoms with van der Waals surface area (Å²) in [6.45, 7) is 4.88. The molecular formula is C19H19N3O5S. The first-order valence-corrected chi connectivity index (χ1v) is 9.48. The number of aliphatic carboxylic acids is 1. The van der Waals surface area contributed by atoms with Gasteiger partial charge in [-0.1, -0.05) is 19.1 Å². The fourth-order valence-corrected chi connectivity index (χ4v) is 3.93. The summed E-state index contributed by atoms with van der Waals surface area (Å²) in [6.07, 6.45) is 0.930.